The first kappa shape index (κ1) is 13.5. The molecule has 6 nitrogen and oxygen atoms in total. The highest BCUT2D eigenvalue weighted by molar-refractivity contribution is 5.81. The summed E-state index contributed by atoms with van der Waals surface area (Å²) in [4.78, 5) is 0. The molecule has 3 heterocycles. The Morgan fingerprint density at radius 2 is 2.04 bits per heavy atom. The Morgan fingerprint density at radius 1 is 1.13 bits per heavy atom. The van der Waals surface area contributed by atoms with Gasteiger partial charge in [-0.3, -0.25) is 0 Å². The Kier molecular flexibility index (Phi) is 3.08. The summed E-state index contributed by atoms with van der Waals surface area (Å²) in [7, 11) is 0. The average molecular weight is 305 g/mol. The van der Waals surface area contributed by atoms with Gasteiger partial charge in [-0.2, -0.15) is 5.10 Å². The summed E-state index contributed by atoms with van der Waals surface area (Å²) < 4.78 is 7.24. The molecule has 0 bridgehead atoms. The topological polar surface area (TPSA) is 82.2 Å². The van der Waals surface area contributed by atoms with Crippen LogP contribution < -0.4 is 5.73 Å². The van der Waals surface area contributed by atoms with Crippen LogP contribution in [-0.4, -0.2) is 19.8 Å². The maximum absolute atomic E-state index is 5.81. The molecule has 0 radical (unpaired) electrons. The SMILES string of the molecule is Cc1nnc(Cc2cccc(-c3cccn4nc(N)cc34)c2)o1. The van der Waals surface area contributed by atoms with Gasteiger partial charge in [0.2, 0.25) is 11.8 Å². The number of aromatic nitrogens is 4. The molecule has 0 saturated carbocycles. The van der Waals surface area contributed by atoms with Crippen molar-refractivity contribution in [1.82, 2.24) is 19.8 Å². The minimum absolute atomic E-state index is 0.509. The average Bonchev–Trinajstić information content (AvgIpc) is 3.11. The molecule has 0 amide bonds. The third-order valence-electron chi connectivity index (χ3n) is 3.68. The predicted molar refractivity (Wildman–Crippen MR) is 86.9 cm³/mol. The Labute approximate surface area is 132 Å². The van der Waals surface area contributed by atoms with E-state index in [9.17, 15) is 0 Å². The molecule has 0 aliphatic heterocycles. The lowest BCUT2D eigenvalue weighted by Gasteiger charge is -2.06. The van der Waals surface area contributed by atoms with Crippen LogP contribution in [0.1, 0.15) is 17.3 Å². The Bertz CT molecular complexity index is 985. The van der Waals surface area contributed by atoms with Gasteiger partial charge in [-0.15, -0.1) is 10.2 Å². The Hall–Kier alpha value is -3.15. The summed E-state index contributed by atoms with van der Waals surface area (Å²) >= 11 is 0. The maximum Gasteiger partial charge on any atom is 0.220 e. The van der Waals surface area contributed by atoms with Gasteiger partial charge in [0.25, 0.3) is 0 Å². The van der Waals surface area contributed by atoms with Crippen molar-refractivity contribution in [2.24, 2.45) is 0 Å². The van der Waals surface area contributed by atoms with Crippen molar-refractivity contribution in [2.75, 3.05) is 5.73 Å². The number of hydrogen-bond acceptors (Lipinski definition) is 5. The number of anilines is 1. The first-order valence-electron chi connectivity index (χ1n) is 7.31. The van der Waals surface area contributed by atoms with Crippen LogP contribution in [0.2, 0.25) is 0 Å². The van der Waals surface area contributed by atoms with Crippen LogP contribution in [0.3, 0.4) is 0 Å². The molecule has 0 spiro atoms. The van der Waals surface area contributed by atoms with Crippen molar-refractivity contribution in [3.8, 4) is 11.1 Å². The third kappa shape index (κ3) is 2.55. The Morgan fingerprint density at radius 3 is 2.87 bits per heavy atom. The standard InChI is InChI=1S/C17H15N5O/c1-11-19-20-17(23-11)9-12-4-2-5-13(8-12)14-6-3-7-22-15(14)10-16(18)21-22/h2-8,10H,9H2,1H3,(H2,18,21). The van der Waals surface area contributed by atoms with E-state index in [1.165, 1.54) is 0 Å². The van der Waals surface area contributed by atoms with Crippen LogP contribution in [0.25, 0.3) is 16.6 Å². The van der Waals surface area contributed by atoms with Gasteiger partial charge in [0.1, 0.15) is 5.82 Å². The molecule has 0 aliphatic carbocycles. The van der Waals surface area contributed by atoms with E-state index in [0.29, 0.717) is 24.0 Å². The molecule has 3 aromatic heterocycles. The zero-order chi connectivity index (χ0) is 15.8. The molecule has 0 atom stereocenters. The molecular formula is C17H15N5O. The van der Waals surface area contributed by atoms with Crippen LogP contribution >= 0.6 is 0 Å². The normalized spacial score (nSPS) is 11.2. The fourth-order valence-electron chi connectivity index (χ4n) is 2.71. The van der Waals surface area contributed by atoms with E-state index in [0.717, 1.165) is 22.2 Å². The van der Waals surface area contributed by atoms with E-state index in [-0.39, 0.29) is 0 Å². The molecule has 0 aliphatic rings. The van der Waals surface area contributed by atoms with E-state index in [4.69, 9.17) is 10.2 Å². The van der Waals surface area contributed by atoms with Crippen molar-refractivity contribution in [2.45, 2.75) is 13.3 Å². The minimum Gasteiger partial charge on any atom is -0.425 e. The van der Waals surface area contributed by atoms with Crippen molar-refractivity contribution >= 4 is 11.3 Å². The van der Waals surface area contributed by atoms with Gasteiger partial charge in [-0.05, 0) is 17.2 Å². The first-order valence-corrected chi connectivity index (χ1v) is 7.31. The van der Waals surface area contributed by atoms with E-state index in [2.05, 4.69) is 33.5 Å². The molecule has 6 heteroatoms. The summed E-state index contributed by atoms with van der Waals surface area (Å²) in [6.07, 6.45) is 2.50. The number of fused-ring (bicyclic) bond motifs is 1. The summed E-state index contributed by atoms with van der Waals surface area (Å²) in [5.74, 6) is 1.71. The maximum atomic E-state index is 5.81. The van der Waals surface area contributed by atoms with Crippen LogP contribution in [0.4, 0.5) is 5.82 Å². The number of nitrogens with two attached hydrogens (primary N) is 1. The predicted octanol–water partition coefficient (Wildman–Crippen LogP) is 2.87. The highest BCUT2D eigenvalue weighted by atomic mass is 16.4. The quantitative estimate of drug-likeness (QED) is 0.629. The number of nitrogens with zero attached hydrogens (tertiary/aromatic N) is 4. The number of nitrogen functional groups attached to an aromatic ring is 1. The molecule has 23 heavy (non-hydrogen) atoms. The van der Waals surface area contributed by atoms with Gasteiger partial charge in [0.15, 0.2) is 0 Å². The first-order chi connectivity index (χ1) is 11.2. The van der Waals surface area contributed by atoms with Crippen molar-refractivity contribution < 1.29 is 4.42 Å². The fraction of sp³-hybridized carbons (Fsp3) is 0.118. The van der Waals surface area contributed by atoms with E-state index in [1.807, 2.05) is 30.5 Å². The second-order valence-corrected chi connectivity index (χ2v) is 5.41. The van der Waals surface area contributed by atoms with Gasteiger partial charge in [0.05, 0.1) is 11.9 Å². The second-order valence-electron chi connectivity index (χ2n) is 5.41. The molecule has 0 fully saturated rings. The zero-order valence-corrected chi connectivity index (χ0v) is 12.6. The van der Waals surface area contributed by atoms with Crippen molar-refractivity contribution in [3.05, 3.63) is 66.0 Å². The summed E-state index contributed by atoms with van der Waals surface area (Å²) in [5.41, 5.74) is 10.1. The monoisotopic (exact) mass is 305 g/mol. The van der Waals surface area contributed by atoms with Crippen molar-refractivity contribution in [3.63, 3.8) is 0 Å². The highest BCUT2D eigenvalue weighted by Crippen LogP contribution is 2.27. The number of pyridine rings is 1. The molecule has 4 aromatic rings. The lowest BCUT2D eigenvalue weighted by Crippen LogP contribution is -1.92. The molecule has 114 valence electrons. The fourth-order valence-corrected chi connectivity index (χ4v) is 2.71. The van der Waals surface area contributed by atoms with Gasteiger partial charge in [0, 0.05) is 24.8 Å². The lowest BCUT2D eigenvalue weighted by atomic mass is 10.0. The van der Waals surface area contributed by atoms with Crippen LogP contribution in [0, 0.1) is 6.92 Å². The summed E-state index contributed by atoms with van der Waals surface area (Å²) in [5, 5.41) is 12.2. The largest absolute Gasteiger partial charge is 0.425 e. The van der Waals surface area contributed by atoms with E-state index < -0.39 is 0 Å². The molecule has 0 unspecified atom stereocenters. The molecule has 2 N–H and O–H groups in total. The smallest absolute Gasteiger partial charge is 0.220 e. The van der Waals surface area contributed by atoms with Crippen molar-refractivity contribution in [1.29, 1.82) is 0 Å². The highest BCUT2D eigenvalue weighted by Gasteiger charge is 2.09. The molecular weight excluding hydrogens is 290 g/mol. The van der Waals surface area contributed by atoms with Crippen LogP contribution in [0.15, 0.2) is 53.1 Å². The lowest BCUT2D eigenvalue weighted by molar-refractivity contribution is 0.477. The number of hydrogen-bond donors (Lipinski definition) is 1. The summed E-state index contributed by atoms with van der Waals surface area (Å²) in [6.45, 7) is 1.79. The number of aryl methyl sites for hydroxylation is 1. The van der Waals surface area contributed by atoms with E-state index in [1.54, 1.807) is 11.4 Å². The molecule has 1 aromatic carbocycles. The van der Waals surface area contributed by atoms with E-state index >= 15 is 0 Å². The zero-order valence-electron chi connectivity index (χ0n) is 12.6. The number of benzene rings is 1. The minimum atomic E-state index is 0.509. The van der Waals surface area contributed by atoms with Gasteiger partial charge < -0.3 is 10.2 Å². The van der Waals surface area contributed by atoms with Gasteiger partial charge >= 0.3 is 0 Å². The van der Waals surface area contributed by atoms with Gasteiger partial charge in [-0.1, -0.05) is 30.3 Å². The number of rotatable bonds is 3. The van der Waals surface area contributed by atoms with Crippen LogP contribution in [-0.2, 0) is 6.42 Å². The third-order valence-corrected chi connectivity index (χ3v) is 3.68. The van der Waals surface area contributed by atoms with Gasteiger partial charge in [-0.25, -0.2) is 4.52 Å². The summed E-state index contributed by atoms with van der Waals surface area (Å²) in [6, 6.07) is 14.2. The van der Waals surface area contributed by atoms with Crippen LogP contribution in [0.5, 0.6) is 0 Å². The Balaban J connectivity index is 1.75. The molecule has 4 rings (SSSR count). The second kappa shape index (κ2) is 5.24. The molecule has 0 saturated heterocycles.